The van der Waals surface area contributed by atoms with Crippen LogP contribution in [0.15, 0.2) is 5.38 Å². The Morgan fingerprint density at radius 3 is 2.89 bits per heavy atom. The molecule has 1 unspecified atom stereocenters. The lowest BCUT2D eigenvalue weighted by atomic mass is 9.93. The van der Waals surface area contributed by atoms with Gasteiger partial charge in [-0.25, -0.2) is 9.78 Å². The van der Waals surface area contributed by atoms with Crippen molar-refractivity contribution >= 4 is 22.6 Å². The van der Waals surface area contributed by atoms with Crippen LogP contribution in [0, 0.1) is 0 Å². The average molecular weight is 269 g/mol. The maximum absolute atomic E-state index is 10.6. The summed E-state index contributed by atoms with van der Waals surface area (Å²) in [5.41, 5.74) is 1.16. The molecule has 0 aromatic carbocycles. The molecule has 18 heavy (non-hydrogen) atoms. The van der Waals surface area contributed by atoms with Gasteiger partial charge in [0.1, 0.15) is 0 Å². The molecule has 6 heteroatoms. The predicted molar refractivity (Wildman–Crippen MR) is 72.6 cm³/mol. The van der Waals surface area contributed by atoms with E-state index in [-0.39, 0.29) is 11.5 Å². The molecular formula is C12H19N3O2S. The van der Waals surface area contributed by atoms with Crippen LogP contribution >= 0.6 is 11.3 Å². The number of hydrogen-bond acceptors (Lipinski definition) is 4. The van der Waals surface area contributed by atoms with Gasteiger partial charge in [0, 0.05) is 23.9 Å². The van der Waals surface area contributed by atoms with Gasteiger partial charge in [-0.1, -0.05) is 20.8 Å². The molecule has 1 aliphatic heterocycles. The van der Waals surface area contributed by atoms with Gasteiger partial charge >= 0.3 is 6.09 Å². The highest BCUT2D eigenvalue weighted by atomic mass is 32.1. The highest BCUT2D eigenvalue weighted by Crippen LogP contribution is 2.30. The van der Waals surface area contributed by atoms with Crippen LogP contribution in [0.4, 0.5) is 9.93 Å². The maximum Gasteiger partial charge on any atom is 0.404 e. The van der Waals surface area contributed by atoms with Gasteiger partial charge in [-0.3, -0.25) is 0 Å². The van der Waals surface area contributed by atoms with Crippen LogP contribution in [0.3, 0.4) is 0 Å². The smallest absolute Gasteiger partial charge is 0.404 e. The van der Waals surface area contributed by atoms with Gasteiger partial charge in [0.25, 0.3) is 0 Å². The van der Waals surface area contributed by atoms with E-state index in [1.165, 1.54) is 0 Å². The molecule has 0 aliphatic carbocycles. The topological polar surface area (TPSA) is 65.5 Å². The molecule has 2 rings (SSSR count). The number of aromatic nitrogens is 1. The molecule has 2 N–H and O–H groups in total. The molecule has 0 radical (unpaired) electrons. The van der Waals surface area contributed by atoms with Crippen LogP contribution in [0.2, 0.25) is 0 Å². The third-order valence-corrected chi connectivity index (χ3v) is 3.95. The molecule has 1 aliphatic rings. The summed E-state index contributed by atoms with van der Waals surface area (Å²) in [6.45, 7) is 8.01. The Hall–Kier alpha value is -1.30. The van der Waals surface area contributed by atoms with E-state index in [2.05, 4.69) is 41.4 Å². The quantitative estimate of drug-likeness (QED) is 0.864. The standard InChI is InChI=1S/C12H19N3O2S/c1-12(2,3)9-7-18-10(14-9)15-5-4-8(6-15)13-11(16)17/h7-8,13H,4-6H2,1-3H3,(H,16,17). The third-order valence-electron chi connectivity index (χ3n) is 3.05. The summed E-state index contributed by atoms with van der Waals surface area (Å²) in [4.78, 5) is 17.4. The minimum absolute atomic E-state index is 0.0180. The molecule has 0 bridgehead atoms. The Kier molecular flexibility index (Phi) is 3.47. The SMILES string of the molecule is CC(C)(C)c1csc(N2CCC(NC(=O)O)C2)n1. The first-order chi connectivity index (χ1) is 8.36. The van der Waals surface area contributed by atoms with E-state index in [0.29, 0.717) is 6.54 Å². The second-order valence-corrected chi connectivity index (χ2v) is 6.48. The highest BCUT2D eigenvalue weighted by molar-refractivity contribution is 7.13. The average Bonchev–Trinajstić information content (AvgIpc) is 2.81. The molecule has 0 saturated carbocycles. The number of rotatable bonds is 2. The number of anilines is 1. The fourth-order valence-corrected chi connectivity index (χ4v) is 3.07. The molecule has 5 nitrogen and oxygen atoms in total. The van der Waals surface area contributed by atoms with Gasteiger partial charge in [-0.2, -0.15) is 0 Å². The molecule has 0 spiro atoms. The van der Waals surface area contributed by atoms with Crippen molar-refractivity contribution in [3.05, 3.63) is 11.1 Å². The molecule has 2 heterocycles. The van der Waals surface area contributed by atoms with Crippen molar-refractivity contribution < 1.29 is 9.90 Å². The molecule has 1 atom stereocenters. The van der Waals surface area contributed by atoms with Crippen LogP contribution in [0.5, 0.6) is 0 Å². The first kappa shape index (κ1) is 13.1. The van der Waals surface area contributed by atoms with E-state index in [1.54, 1.807) is 11.3 Å². The Morgan fingerprint density at radius 1 is 1.61 bits per heavy atom. The number of nitrogens with one attached hydrogen (secondary N) is 1. The Labute approximate surface area is 111 Å². The largest absolute Gasteiger partial charge is 0.465 e. The third kappa shape index (κ3) is 2.93. The van der Waals surface area contributed by atoms with Crippen molar-refractivity contribution in [1.82, 2.24) is 10.3 Å². The van der Waals surface area contributed by atoms with Gasteiger partial charge in [-0.15, -0.1) is 11.3 Å². The summed E-state index contributed by atoms with van der Waals surface area (Å²) in [5, 5.41) is 14.3. The van der Waals surface area contributed by atoms with Crippen LogP contribution in [-0.2, 0) is 5.41 Å². The van der Waals surface area contributed by atoms with Crippen LogP contribution in [-0.4, -0.2) is 35.3 Å². The normalized spacial score (nSPS) is 20.2. The van der Waals surface area contributed by atoms with Gasteiger partial charge in [0.05, 0.1) is 11.7 Å². The summed E-state index contributed by atoms with van der Waals surface area (Å²) in [6, 6.07) is 0.0180. The highest BCUT2D eigenvalue weighted by Gasteiger charge is 2.27. The van der Waals surface area contributed by atoms with E-state index in [4.69, 9.17) is 5.11 Å². The predicted octanol–water partition coefficient (Wildman–Crippen LogP) is 2.29. The minimum Gasteiger partial charge on any atom is -0.465 e. The summed E-state index contributed by atoms with van der Waals surface area (Å²) in [7, 11) is 0. The molecule has 1 saturated heterocycles. The van der Waals surface area contributed by atoms with E-state index < -0.39 is 6.09 Å². The molecule has 1 aromatic heterocycles. The maximum atomic E-state index is 10.6. The number of carboxylic acid groups (broad SMARTS) is 1. The number of carbonyl (C=O) groups is 1. The van der Waals surface area contributed by atoms with E-state index in [1.807, 2.05) is 0 Å². The Balaban J connectivity index is 2.01. The summed E-state index contributed by atoms with van der Waals surface area (Å²) in [6.07, 6.45) is -0.104. The van der Waals surface area contributed by atoms with Crippen molar-refractivity contribution in [2.24, 2.45) is 0 Å². The number of thiazole rings is 1. The lowest BCUT2D eigenvalue weighted by Gasteiger charge is -2.17. The zero-order chi connectivity index (χ0) is 13.3. The fraction of sp³-hybridized carbons (Fsp3) is 0.667. The first-order valence-corrected chi connectivity index (χ1v) is 6.94. The van der Waals surface area contributed by atoms with Gasteiger partial charge in [0.2, 0.25) is 0 Å². The monoisotopic (exact) mass is 269 g/mol. The molecule has 1 fully saturated rings. The van der Waals surface area contributed by atoms with Crippen molar-refractivity contribution in [3.63, 3.8) is 0 Å². The molecule has 1 amide bonds. The van der Waals surface area contributed by atoms with Gasteiger partial charge in [-0.05, 0) is 6.42 Å². The second kappa shape index (κ2) is 4.76. The number of nitrogens with zero attached hydrogens (tertiary/aromatic N) is 2. The number of hydrogen-bond donors (Lipinski definition) is 2. The molecule has 1 aromatic rings. The second-order valence-electron chi connectivity index (χ2n) is 5.65. The summed E-state index contributed by atoms with van der Waals surface area (Å²) >= 11 is 1.63. The lowest BCUT2D eigenvalue weighted by molar-refractivity contribution is 0.191. The van der Waals surface area contributed by atoms with Crippen LogP contribution in [0.25, 0.3) is 0 Å². The zero-order valence-corrected chi connectivity index (χ0v) is 11.8. The van der Waals surface area contributed by atoms with E-state index >= 15 is 0 Å². The van der Waals surface area contributed by atoms with Crippen LogP contribution in [0.1, 0.15) is 32.9 Å². The molecule has 100 valence electrons. The van der Waals surface area contributed by atoms with Crippen molar-refractivity contribution in [2.75, 3.05) is 18.0 Å². The Morgan fingerprint density at radius 2 is 2.33 bits per heavy atom. The van der Waals surface area contributed by atoms with Gasteiger partial charge < -0.3 is 15.3 Å². The van der Waals surface area contributed by atoms with Crippen molar-refractivity contribution in [1.29, 1.82) is 0 Å². The fourth-order valence-electron chi connectivity index (χ4n) is 1.98. The zero-order valence-electron chi connectivity index (χ0n) is 10.9. The van der Waals surface area contributed by atoms with Crippen molar-refractivity contribution in [3.8, 4) is 0 Å². The van der Waals surface area contributed by atoms with Crippen LogP contribution < -0.4 is 10.2 Å². The lowest BCUT2D eigenvalue weighted by Crippen LogP contribution is -2.36. The molecular weight excluding hydrogens is 250 g/mol. The number of amides is 1. The Bertz CT molecular complexity index is 439. The van der Waals surface area contributed by atoms with E-state index in [9.17, 15) is 4.79 Å². The van der Waals surface area contributed by atoms with Gasteiger partial charge in [0.15, 0.2) is 5.13 Å². The summed E-state index contributed by atoms with van der Waals surface area (Å²) in [5.74, 6) is 0. The summed E-state index contributed by atoms with van der Waals surface area (Å²) < 4.78 is 0. The van der Waals surface area contributed by atoms with E-state index in [0.717, 1.165) is 23.8 Å². The minimum atomic E-state index is -0.948. The van der Waals surface area contributed by atoms with Crippen molar-refractivity contribution in [2.45, 2.75) is 38.6 Å². The first-order valence-electron chi connectivity index (χ1n) is 6.06.